The molecule has 2 aliphatic heterocycles. The van der Waals surface area contributed by atoms with Crippen LogP contribution in [0.25, 0.3) is 0 Å². The molecule has 2 heterocycles. The van der Waals surface area contributed by atoms with E-state index < -0.39 is 18.2 Å². The van der Waals surface area contributed by atoms with Crippen LogP contribution in [0.15, 0.2) is 78.9 Å². The molecule has 0 aliphatic carbocycles. The zero-order chi connectivity index (χ0) is 28.4. The molecule has 2 saturated heterocycles. The van der Waals surface area contributed by atoms with Crippen molar-refractivity contribution in [3.63, 3.8) is 0 Å². The molecule has 0 saturated carbocycles. The van der Waals surface area contributed by atoms with Gasteiger partial charge >= 0.3 is 6.03 Å². The molecular weight excluding hydrogens is 513 g/mol. The van der Waals surface area contributed by atoms with Gasteiger partial charge in [-0.2, -0.15) is 0 Å². The van der Waals surface area contributed by atoms with Gasteiger partial charge in [-0.1, -0.05) is 54.6 Å². The number of halogens is 1. The van der Waals surface area contributed by atoms with Crippen molar-refractivity contribution in [1.29, 1.82) is 0 Å². The van der Waals surface area contributed by atoms with E-state index in [1.165, 1.54) is 22.0 Å². The molecule has 208 valence electrons. The van der Waals surface area contributed by atoms with Gasteiger partial charge in [0, 0.05) is 20.0 Å². The molecule has 2 N–H and O–H groups in total. The third-order valence-corrected chi connectivity index (χ3v) is 7.57. The van der Waals surface area contributed by atoms with Crippen LogP contribution in [0.1, 0.15) is 29.7 Å². The quantitative estimate of drug-likeness (QED) is 0.496. The van der Waals surface area contributed by atoms with E-state index >= 15 is 0 Å². The summed E-state index contributed by atoms with van der Waals surface area (Å²) in [5, 5.41) is 15.7. The lowest BCUT2D eigenvalue weighted by Crippen LogP contribution is -2.76. The molecule has 2 fully saturated rings. The van der Waals surface area contributed by atoms with E-state index in [0.717, 1.165) is 16.7 Å². The standard InChI is InChI=1S/C30H32FN5O4/c1-20(23-6-4-3-5-7-23)34-18-27-35(26(29(34)39)16-21-10-14-25(37)15-11-21)28(38)19-33(2)36(27)30(40)32-17-22-8-12-24(31)13-9-22/h3-15,20,26-27,37H,16-19H2,1-2H3,(H,32,40)/t20?,26-,27-/m0/s1. The van der Waals surface area contributed by atoms with Crippen LogP contribution in [0.4, 0.5) is 9.18 Å². The number of likely N-dealkylation sites (N-methyl/N-ethyl adjacent to an activating group) is 1. The number of phenolic OH excluding ortho intramolecular Hbond substituents is 1. The van der Waals surface area contributed by atoms with Gasteiger partial charge in [0.25, 0.3) is 0 Å². The molecule has 0 aromatic heterocycles. The van der Waals surface area contributed by atoms with Crippen LogP contribution in [-0.2, 0) is 22.6 Å². The maximum atomic E-state index is 14.0. The first-order chi connectivity index (χ1) is 19.2. The lowest BCUT2D eigenvalue weighted by Gasteiger charge is -2.55. The Morgan fingerprint density at radius 1 is 1.00 bits per heavy atom. The van der Waals surface area contributed by atoms with Crippen molar-refractivity contribution in [3.8, 4) is 5.75 Å². The van der Waals surface area contributed by atoms with Crippen LogP contribution in [0, 0.1) is 5.82 Å². The van der Waals surface area contributed by atoms with Gasteiger partial charge in [-0.3, -0.25) is 9.59 Å². The largest absolute Gasteiger partial charge is 0.508 e. The first-order valence-corrected chi connectivity index (χ1v) is 13.2. The number of fused-ring (bicyclic) bond motifs is 1. The number of amides is 4. The van der Waals surface area contributed by atoms with Crippen molar-refractivity contribution < 1.29 is 23.9 Å². The van der Waals surface area contributed by atoms with Crippen LogP contribution < -0.4 is 5.32 Å². The highest BCUT2D eigenvalue weighted by molar-refractivity contribution is 5.92. The Hall–Kier alpha value is -4.44. The molecule has 5 rings (SSSR count). The average Bonchev–Trinajstić information content (AvgIpc) is 2.95. The van der Waals surface area contributed by atoms with Crippen LogP contribution in [0.3, 0.4) is 0 Å². The Morgan fingerprint density at radius 2 is 1.65 bits per heavy atom. The number of hydrogen-bond donors (Lipinski definition) is 2. The van der Waals surface area contributed by atoms with Crippen LogP contribution in [0.2, 0.25) is 0 Å². The van der Waals surface area contributed by atoms with Crippen LogP contribution in [-0.4, -0.2) is 75.1 Å². The number of rotatable bonds is 6. The van der Waals surface area contributed by atoms with E-state index in [1.54, 1.807) is 53.4 Å². The minimum Gasteiger partial charge on any atom is -0.508 e. The van der Waals surface area contributed by atoms with E-state index in [2.05, 4.69) is 5.32 Å². The second-order valence-corrected chi connectivity index (χ2v) is 10.2. The molecule has 10 heteroatoms. The van der Waals surface area contributed by atoms with Gasteiger partial charge in [0.1, 0.15) is 23.8 Å². The minimum absolute atomic E-state index is 0.0753. The van der Waals surface area contributed by atoms with E-state index in [4.69, 9.17) is 0 Å². The summed E-state index contributed by atoms with van der Waals surface area (Å²) in [6, 6.07) is 20.5. The molecule has 3 atom stereocenters. The van der Waals surface area contributed by atoms with Gasteiger partial charge in [0.2, 0.25) is 11.8 Å². The molecule has 3 aromatic rings. The Balaban J connectivity index is 1.47. The maximum absolute atomic E-state index is 14.0. The van der Waals surface area contributed by atoms with E-state index in [0.29, 0.717) is 0 Å². The molecule has 2 aliphatic rings. The monoisotopic (exact) mass is 545 g/mol. The second-order valence-electron chi connectivity index (χ2n) is 10.2. The van der Waals surface area contributed by atoms with Gasteiger partial charge in [-0.05, 0) is 47.9 Å². The van der Waals surface area contributed by atoms with Crippen molar-refractivity contribution in [2.45, 2.75) is 38.1 Å². The number of hydrazine groups is 1. The molecule has 9 nitrogen and oxygen atoms in total. The number of nitrogens with one attached hydrogen (secondary N) is 1. The number of hydrogen-bond acceptors (Lipinski definition) is 5. The first kappa shape index (κ1) is 27.1. The molecule has 0 spiro atoms. The summed E-state index contributed by atoms with van der Waals surface area (Å²) in [7, 11) is 1.67. The van der Waals surface area contributed by atoms with Crippen molar-refractivity contribution in [2.75, 3.05) is 20.1 Å². The summed E-state index contributed by atoms with van der Waals surface area (Å²) in [6.45, 7) is 2.16. The lowest BCUT2D eigenvalue weighted by molar-refractivity contribution is -0.189. The minimum atomic E-state index is -0.844. The summed E-state index contributed by atoms with van der Waals surface area (Å²) >= 11 is 0. The Bertz CT molecular complexity index is 1370. The number of nitrogens with zero attached hydrogens (tertiary/aromatic N) is 4. The number of carbonyl (C=O) groups excluding carboxylic acids is 3. The van der Waals surface area contributed by atoms with Gasteiger partial charge in [0.15, 0.2) is 0 Å². The van der Waals surface area contributed by atoms with Gasteiger partial charge in [-0.15, -0.1) is 0 Å². The first-order valence-electron chi connectivity index (χ1n) is 13.2. The highest BCUT2D eigenvalue weighted by Gasteiger charge is 2.51. The lowest BCUT2D eigenvalue weighted by atomic mass is 9.96. The van der Waals surface area contributed by atoms with Crippen LogP contribution >= 0.6 is 0 Å². The van der Waals surface area contributed by atoms with Gasteiger partial charge in [-0.25, -0.2) is 19.2 Å². The van der Waals surface area contributed by atoms with Crippen molar-refractivity contribution >= 4 is 17.8 Å². The maximum Gasteiger partial charge on any atom is 0.334 e. The number of carbonyl (C=O) groups is 3. The Morgan fingerprint density at radius 3 is 2.33 bits per heavy atom. The SMILES string of the molecule is CC(c1ccccc1)N1C[C@H]2N(C(=O)CN(C)N2C(=O)NCc2ccc(F)cc2)[C@@H](Cc2ccc(O)cc2)C1=O. The Labute approximate surface area is 232 Å². The zero-order valence-corrected chi connectivity index (χ0v) is 22.4. The number of urea groups is 1. The number of phenols is 1. The second kappa shape index (κ2) is 11.4. The number of aromatic hydroxyl groups is 1. The molecule has 40 heavy (non-hydrogen) atoms. The molecule has 3 aromatic carbocycles. The topological polar surface area (TPSA) is 96.4 Å². The fraction of sp³-hybridized carbons (Fsp3) is 0.300. The third kappa shape index (κ3) is 5.48. The van der Waals surface area contributed by atoms with E-state index in [9.17, 15) is 23.9 Å². The molecule has 0 radical (unpaired) electrons. The Kier molecular flexibility index (Phi) is 7.70. The summed E-state index contributed by atoms with van der Waals surface area (Å²) in [6.07, 6.45) is -0.515. The van der Waals surface area contributed by atoms with Gasteiger partial charge < -0.3 is 20.2 Å². The normalized spacial score (nSPS) is 20.3. The fourth-order valence-electron chi connectivity index (χ4n) is 5.44. The third-order valence-electron chi connectivity index (χ3n) is 7.57. The average molecular weight is 546 g/mol. The highest BCUT2D eigenvalue weighted by Crippen LogP contribution is 2.32. The molecule has 0 bridgehead atoms. The number of benzene rings is 3. The van der Waals surface area contributed by atoms with Crippen molar-refractivity contribution in [1.82, 2.24) is 25.1 Å². The smallest absolute Gasteiger partial charge is 0.334 e. The highest BCUT2D eigenvalue weighted by atomic mass is 19.1. The fourth-order valence-corrected chi connectivity index (χ4v) is 5.44. The summed E-state index contributed by atoms with van der Waals surface area (Å²) in [5.74, 6) is -0.709. The van der Waals surface area contributed by atoms with Crippen molar-refractivity contribution in [3.05, 3.63) is 101 Å². The van der Waals surface area contributed by atoms with Crippen LogP contribution in [0.5, 0.6) is 5.75 Å². The predicted molar refractivity (Wildman–Crippen MR) is 146 cm³/mol. The van der Waals surface area contributed by atoms with E-state index in [-0.39, 0.29) is 55.5 Å². The van der Waals surface area contributed by atoms with E-state index in [1.807, 2.05) is 37.3 Å². The molecular formula is C30H32FN5O4. The molecule has 4 amide bonds. The zero-order valence-electron chi connectivity index (χ0n) is 22.4. The molecule has 1 unspecified atom stereocenters. The van der Waals surface area contributed by atoms with Crippen molar-refractivity contribution in [2.24, 2.45) is 0 Å². The predicted octanol–water partition coefficient (Wildman–Crippen LogP) is 3.27. The summed E-state index contributed by atoms with van der Waals surface area (Å²) in [5.41, 5.74) is 2.45. The van der Waals surface area contributed by atoms with Gasteiger partial charge in [0.05, 0.1) is 19.1 Å². The summed E-state index contributed by atoms with van der Waals surface area (Å²) in [4.78, 5) is 44.3. The number of piperazine rings is 1. The summed E-state index contributed by atoms with van der Waals surface area (Å²) < 4.78 is 13.3.